The van der Waals surface area contributed by atoms with Crippen LogP contribution in [0.1, 0.15) is 126 Å². The summed E-state index contributed by atoms with van der Waals surface area (Å²) in [5, 5.41) is 32.9. The van der Waals surface area contributed by atoms with Gasteiger partial charge in [0.05, 0.1) is 35.3 Å². The molecule has 0 aliphatic carbocycles. The summed E-state index contributed by atoms with van der Waals surface area (Å²) < 4.78 is 173. The summed E-state index contributed by atoms with van der Waals surface area (Å²) >= 11 is 0. The van der Waals surface area contributed by atoms with E-state index in [1.165, 1.54) is 25.1 Å². The second-order valence-corrected chi connectivity index (χ2v) is 26.8. The van der Waals surface area contributed by atoms with Gasteiger partial charge in [0.2, 0.25) is 0 Å². The highest BCUT2D eigenvalue weighted by Crippen LogP contribution is 2.45. The number of nitrogens with two attached hydrogens (primary N) is 1. The minimum Gasteiger partial charge on any atom is -0.479 e. The lowest BCUT2D eigenvalue weighted by Gasteiger charge is -2.39. The average Bonchev–Trinajstić information content (AvgIpc) is 3.95. The number of hydrogen-bond donors (Lipinski definition) is 4. The highest BCUT2D eigenvalue weighted by molar-refractivity contribution is 7.93. The fraction of sp³-hybridized carbons (Fsp3) is 0.538. The number of Topliss-reactive ketones (excluding diaryl/α,β-unsaturated/α-hetero) is 1. The number of oxime groups is 2. The van der Waals surface area contributed by atoms with E-state index in [0.717, 1.165) is 16.7 Å². The normalized spacial score (nSPS) is 24.0. The minimum absolute atomic E-state index is 0.00485. The number of aromatic nitrogens is 2. The molecule has 3 aromatic carbocycles. The average molecular weight is 1210 g/mol. The van der Waals surface area contributed by atoms with Gasteiger partial charge in [-0.1, -0.05) is 72.6 Å². The zero-order valence-corrected chi connectivity index (χ0v) is 47.9. The monoisotopic (exact) mass is 1210 g/mol. The summed E-state index contributed by atoms with van der Waals surface area (Å²) in [6, 6.07) is 19.7. The molecule has 6 atom stereocenters. The van der Waals surface area contributed by atoms with Crippen molar-refractivity contribution < 1.29 is 95.4 Å². The highest BCUT2D eigenvalue weighted by Gasteiger charge is 2.52. The van der Waals surface area contributed by atoms with E-state index in [1.54, 1.807) is 83.1 Å². The summed E-state index contributed by atoms with van der Waals surface area (Å²) in [6.07, 6.45) is -13.1. The number of carboxylic acids is 1. The van der Waals surface area contributed by atoms with Gasteiger partial charge in [-0.15, -0.1) is 0 Å². The zero-order chi connectivity index (χ0) is 61.0. The number of amidine groups is 1. The third-order valence-corrected chi connectivity index (χ3v) is 22.4. The van der Waals surface area contributed by atoms with Crippen molar-refractivity contribution >= 4 is 52.8 Å². The Morgan fingerprint density at radius 1 is 0.654 bits per heavy atom. The molecule has 4 aromatic rings. The molecule has 7 rings (SSSR count). The molecular formula is C52H67F6N5O15S3. The number of nitrogens with zero attached hydrogens (tertiary/aromatic N) is 4. The predicted molar refractivity (Wildman–Crippen MR) is 281 cm³/mol. The van der Waals surface area contributed by atoms with Crippen molar-refractivity contribution in [1.82, 2.24) is 10.1 Å². The first kappa shape index (κ1) is 67.5. The van der Waals surface area contributed by atoms with Crippen molar-refractivity contribution in [3.8, 4) is 0 Å². The Labute approximate surface area is 465 Å². The van der Waals surface area contributed by atoms with Gasteiger partial charge in [-0.05, 0) is 119 Å². The number of aryl methyl sites for hydroxylation is 3. The molecule has 0 spiro atoms. The molecule has 1 aromatic heterocycles. The number of carbonyl (C=O) groups excluding carboxylic acids is 1. The number of alkyl halides is 6. The van der Waals surface area contributed by atoms with Gasteiger partial charge in [-0.3, -0.25) is 4.79 Å². The van der Waals surface area contributed by atoms with Crippen LogP contribution in [0.25, 0.3) is 0 Å². The van der Waals surface area contributed by atoms with Crippen LogP contribution in [0, 0.1) is 20.8 Å². The number of hydrogen-bond acceptors (Lipinski definition) is 18. The molecule has 20 nitrogen and oxygen atoms in total. The third kappa shape index (κ3) is 16.0. The second kappa shape index (κ2) is 27.4. The largest absolute Gasteiger partial charge is 0.479 e. The first-order valence-corrected chi connectivity index (χ1v) is 29.8. The Hall–Kier alpha value is -6.01. The number of aliphatic carboxylic acids is 1. The number of sulfone groups is 3. The molecule has 6 unspecified atom stereocenters. The summed E-state index contributed by atoms with van der Waals surface area (Å²) in [7, 11) is -11.2. The van der Waals surface area contributed by atoms with Gasteiger partial charge in [0, 0.05) is 39.1 Å². The Bertz CT molecular complexity index is 3230. The number of carbonyl (C=O) groups is 2. The van der Waals surface area contributed by atoms with Gasteiger partial charge in [0.15, 0.2) is 47.1 Å². The molecule has 3 aliphatic rings. The van der Waals surface area contributed by atoms with Crippen LogP contribution in [0.15, 0.2) is 102 Å². The Morgan fingerprint density at radius 3 is 1.37 bits per heavy atom. The Balaban J connectivity index is 0.000000253. The van der Waals surface area contributed by atoms with Crippen LogP contribution in [0.4, 0.5) is 26.3 Å². The number of carboxylic acid groups (broad SMARTS) is 1. The van der Waals surface area contributed by atoms with Gasteiger partial charge in [-0.2, -0.15) is 31.3 Å². The maximum Gasteiger partial charge on any atom is 0.455 e. The summed E-state index contributed by atoms with van der Waals surface area (Å²) in [5.41, 5.74) is 5.57. The maximum absolute atomic E-state index is 13.3. The molecular weight excluding hydrogens is 1140 g/mol. The van der Waals surface area contributed by atoms with Crippen LogP contribution in [0.5, 0.6) is 0 Å². The van der Waals surface area contributed by atoms with E-state index in [1.807, 2.05) is 13.0 Å². The lowest BCUT2D eigenvalue weighted by molar-refractivity contribution is -0.154. The van der Waals surface area contributed by atoms with Gasteiger partial charge >= 0.3 is 18.3 Å². The van der Waals surface area contributed by atoms with Gasteiger partial charge in [-0.25, -0.2) is 30.0 Å². The van der Waals surface area contributed by atoms with Crippen LogP contribution in [0.3, 0.4) is 0 Å². The van der Waals surface area contributed by atoms with Gasteiger partial charge < -0.3 is 40.0 Å². The summed E-state index contributed by atoms with van der Waals surface area (Å²) in [5.74, 6) is -3.66. The van der Waals surface area contributed by atoms with Crippen molar-refractivity contribution in [2.45, 2.75) is 172 Å². The molecule has 29 heteroatoms. The van der Waals surface area contributed by atoms with Crippen molar-refractivity contribution in [3.63, 3.8) is 0 Å². The van der Waals surface area contributed by atoms with Crippen molar-refractivity contribution in [3.05, 3.63) is 101 Å². The molecule has 3 fully saturated rings. The highest BCUT2D eigenvalue weighted by atomic mass is 32.2. The number of ether oxygens (including phenoxy) is 3. The molecule has 450 valence electrons. The molecule has 4 heterocycles. The molecule has 5 N–H and O–H groups in total. The van der Waals surface area contributed by atoms with Crippen molar-refractivity contribution in [2.24, 2.45) is 16.0 Å². The fourth-order valence-electron chi connectivity index (χ4n) is 9.50. The van der Waals surface area contributed by atoms with Crippen LogP contribution in [-0.2, 0) is 59.5 Å². The van der Waals surface area contributed by atoms with E-state index >= 15 is 0 Å². The summed E-state index contributed by atoms with van der Waals surface area (Å²) in [4.78, 5) is 27.4. The first-order valence-electron chi connectivity index (χ1n) is 25.3. The number of ketones is 1. The lowest BCUT2D eigenvalue weighted by atomic mass is 9.89. The fourth-order valence-corrected chi connectivity index (χ4v) is 16.1. The lowest BCUT2D eigenvalue weighted by Crippen LogP contribution is -2.49. The molecule has 0 bridgehead atoms. The second-order valence-electron chi connectivity index (χ2n) is 19.7. The maximum atomic E-state index is 13.3. The van der Waals surface area contributed by atoms with E-state index in [4.69, 9.17) is 40.0 Å². The topological polar surface area (TPSA) is 315 Å². The predicted octanol–water partition coefficient (Wildman–Crippen LogP) is 9.25. The molecule has 0 amide bonds. The molecule has 0 saturated carbocycles. The van der Waals surface area contributed by atoms with Gasteiger partial charge in [0.1, 0.15) is 18.0 Å². The van der Waals surface area contributed by atoms with Crippen molar-refractivity contribution in [2.75, 3.05) is 19.8 Å². The third-order valence-electron chi connectivity index (χ3n) is 14.4. The van der Waals surface area contributed by atoms with Crippen LogP contribution in [0.2, 0.25) is 0 Å². The van der Waals surface area contributed by atoms with Crippen LogP contribution < -0.4 is 5.73 Å². The SMILES string of the molecule is C/C(N)=N/O.CCC1(S(=O)(=O)c2cccc(C)c2)CCOC(C(=O)C/C(=N\O)C(F)(F)F)C1.CCC1(S(=O)(=O)c2cccc(C)c2)CCOC(C(=O)O)C1.CCC1(S(=O)(=O)c2cccc(C)c2)CCOC(c2nc(C(F)(F)F)no2)C1. The Kier molecular flexibility index (Phi) is 22.8. The molecule has 3 saturated heterocycles. The van der Waals surface area contributed by atoms with E-state index in [-0.39, 0.29) is 91.2 Å². The Morgan fingerprint density at radius 2 is 1.04 bits per heavy atom. The number of benzene rings is 3. The smallest absolute Gasteiger partial charge is 0.455 e. The molecule has 81 heavy (non-hydrogen) atoms. The minimum atomic E-state index is -4.96. The standard InChI is InChI=1S/C18H22F3NO5S.C17H19F3N2O4S.C15H20O5S.C2H6N2O/c1-3-17(28(25,26)13-6-4-5-12(2)9-13)7-8-27-15(11-17)14(23)10-16(22-24)18(19,20)21;1-3-16(27(23,24)12-6-4-5-11(2)9-12)7-8-25-13(10-16)14-21-15(22-26-14)17(18,19)20;1-3-15(7-8-20-13(10-15)14(16)17)21(18,19)12-6-4-5-11(2)9-12;1-2(3)4-5/h4-6,9,15,24H,3,7-8,10-11H2,1-2H3;4-6,9,13H,3,7-8,10H2,1-2H3;4-6,9,13H,3,7-8,10H2,1-2H3,(H,16,17);5H,1H3,(H2,3,4)/b22-16+;;;. The van der Waals surface area contributed by atoms with Gasteiger partial charge in [0.25, 0.3) is 11.7 Å². The quantitative estimate of drug-likeness (QED) is 0.0300. The van der Waals surface area contributed by atoms with Crippen molar-refractivity contribution in [1.29, 1.82) is 0 Å². The van der Waals surface area contributed by atoms with Crippen LogP contribution >= 0.6 is 0 Å². The molecule has 0 radical (unpaired) electrons. The molecule has 3 aliphatic heterocycles. The van der Waals surface area contributed by atoms with E-state index in [9.17, 15) is 61.2 Å². The number of rotatable bonds is 14. The van der Waals surface area contributed by atoms with Crippen LogP contribution in [-0.4, -0.2) is 127 Å². The van der Waals surface area contributed by atoms with E-state index in [2.05, 4.69) is 20.5 Å². The first-order chi connectivity index (χ1) is 37.6. The summed E-state index contributed by atoms with van der Waals surface area (Å²) in [6.45, 7) is 12.2. The zero-order valence-electron chi connectivity index (χ0n) is 45.5. The van der Waals surface area contributed by atoms with E-state index < -0.39 is 104 Å². The number of halogens is 6. The van der Waals surface area contributed by atoms with E-state index in [0.29, 0.717) is 12.8 Å².